The number of pyridine rings is 1. The maximum absolute atomic E-state index is 8.49. The summed E-state index contributed by atoms with van der Waals surface area (Å²) in [5, 5.41) is 3.54. The fourth-order valence-electron chi connectivity index (χ4n) is 2.40. The second-order valence-electron chi connectivity index (χ2n) is 4.66. The molecule has 0 spiro atoms. The fourth-order valence-corrected chi connectivity index (χ4v) is 2.40. The number of rotatable bonds is 2. The van der Waals surface area contributed by atoms with E-state index in [1.165, 1.54) is 5.56 Å². The van der Waals surface area contributed by atoms with Crippen LogP contribution < -0.4 is 28.5 Å². The highest BCUT2D eigenvalue weighted by atomic mass is 35.7. The lowest BCUT2D eigenvalue weighted by Gasteiger charge is -2.17. The molecule has 0 aliphatic carbocycles. The number of nitrogens with one attached hydrogen (secondary N) is 1. The minimum atomic E-state index is -4.94. The molecule has 2 aromatic rings. The number of hydrogen-bond donors (Lipinski definition) is 1. The molecule has 1 fully saturated rings. The molecule has 0 saturated carbocycles. The SMILES string of the molecule is CC1NC1(c1ccccc1)[n+]1ccccc1.[O-][Cl+3]([O-])([O-])[O-]. The van der Waals surface area contributed by atoms with Crippen molar-refractivity contribution < 1.29 is 33.4 Å². The first-order chi connectivity index (χ1) is 9.84. The van der Waals surface area contributed by atoms with E-state index in [1.807, 2.05) is 6.07 Å². The van der Waals surface area contributed by atoms with Gasteiger partial charge in [-0.1, -0.05) is 36.4 Å². The standard InChI is InChI=1S/C14H15N2.ClHO4/c1-12-14(15-12,13-8-4-2-5-9-13)16-10-6-3-7-11-16;2-1(3,4)5/h2-12,15H,1H3;(H,2,3,4,5)/q+1;/p-1. The van der Waals surface area contributed by atoms with Gasteiger partial charge in [0, 0.05) is 17.7 Å². The predicted molar refractivity (Wildman–Crippen MR) is 62.8 cm³/mol. The number of halogens is 1. The van der Waals surface area contributed by atoms with Gasteiger partial charge < -0.3 is 0 Å². The third kappa shape index (κ3) is 3.98. The first-order valence-electron chi connectivity index (χ1n) is 6.26. The second-order valence-corrected chi connectivity index (χ2v) is 5.42. The molecule has 21 heavy (non-hydrogen) atoms. The van der Waals surface area contributed by atoms with Crippen LogP contribution in [0.1, 0.15) is 12.5 Å². The molecule has 1 saturated heterocycles. The molecule has 6 nitrogen and oxygen atoms in total. The summed E-state index contributed by atoms with van der Waals surface area (Å²) in [5.74, 6) is 0. The molecule has 112 valence electrons. The Labute approximate surface area is 124 Å². The summed E-state index contributed by atoms with van der Waals surface area (Å²) in [6, 6.07) is 17.2. The van der Waals surface area contributed by atoms with Crippen molar-refractivity contribution >= 4 is 0 Å². The summed E-state index contributed by atoms with van der Waals surface area (Å²) in [6.07, 6.45) is 4.23. The van der Waals surface area contributed by atoms with Gasteiger partial charge in [-0.05, 0) is 6.92 Å². The Balaban J connectivity index is 0.000000282. The van der Waals surface area contributed by atoms with E-state index in [1.54, 1.807) is 0 Å². The van der Waals surface area contributed by atoms with Crippen molar-refractivity contribution in [2.24, 2.45) is 0 Å². The summed E-state index contributed by atoms with van der Waals surface area (Å²) in [7, 11) is -4.94. The number of nitrogens with zero attached hydrogens (tertiary/aromatic N) is 1. The lowest BCUT2D eigenvalue weighted by atomic mass is 10.0. The Morgan fingerprint density at radius 1 is 0.952 bits per heavy atom. The lowest BCUT2D eigenvalue weighted by Crippen LogP contribution is -2.68. The normalized spacial score (nSPS) is 24.0. The Kier molecular flexibility index (Phi) is 4.58. The van der Waals surface area contributed by atoms with Crippen LogP contribution in [-0.4, -0.2) is 6.04 Å². The third-order valence-electron chi connectivity index (χ3n) is 3.32. The third-order valence-corrected chi connectivity index (χ3v) is 3.32. The smallest absolute Gasteiger partial charge is 0.239 e. The highest BCUT2D eigenvalue weighted by Gasteiger charge is 2.61. The first kappa shape index (κ1) is 15.8. The van der Waals surface area contributed by atoms with Crippen molar-refractivity contribution in [3.05, 3.63) is 66.5 Å². The molecule has 2 heterocycles. The minimum absolute atomic E-state index is 0.0392. The molecule has 0 amide bonds. The van der Waals surface area contributed by atoms with Crippen molar-refractivity contribution in [3.63, 3.8) is 0 Å². The Morgan fingerprint density at radius 2 is 1.38 bits per heavy atom. The zero-order valence-corrected chi connectivity index (χ0v) is 12.1. The van der Waals surface area contributed by atoms with Gasteiger partial charge in [0.1, 0.15) is 0 Å². The molecule has 2 atom stereocenters. The van der Waals surface area contributed by atoms with E-state index < -0.39 is 10.2 Å². The molecule has 3 rings (SSSR count). The van der Waals surface area contributed by atoms with Crippen LogP contribution in [0.25, 0.3) is 0 Å². The maximum Gasteiger partial charge on any atom is 0.263 e. The van der Waals surface area contributed by atoms with E-state index in [4.69, 9.17) is 18.6 Å². The van der Waals surface area contributed by atoms with Gasteiger partial charge in [0.05, 0.1) is 6.04 Å². The highest BCUT2D eigenvalue weighted by Crippen LogP contribution is 2.33. The van der Waals surface area contributed by atoms with Gasteiger partial charge in [0.25, 0.3) is 5.66 Å². The van der Waals surface area contributed by atoms with Crippen LogP contribution in [0.2, 0.25) is 0 Å². The van der Waals surface area contributed by atoms with E-state index >= 15 is 0 Å². The molecule has 1 aromatic carbocycles. The molecular weight excluding hydrogens is 296 g/mol. The summed E-state index contributed by atoms with van der Waals surface area (Å²) >= 11 is 0. The molecular formula is C14H15ClN2O4. The minimum Gasteiger partial charge on any atom is -0.239 e. The number of benzene rings is 1. The molecule has 1 aliphatic rings. The molecule has 0 bridgehead atoms. The average Bonchev–Trinajstić information content (AvgIpc) is 3.12. The molecule has 2 unspecified atom stereocenters. The molecule has 7 heteroatoms. The van der Waals surface area contributed by atoms with E-state index in [-0.39, 0.29) is 5.66 Å². The molecule has 0 radical (unpaired) electrons. The van der Waals surface area contributed by atoms with Crippen LogP contribution in [0.3, 0.4) is 0 Å². The number of aromatic nitrogens is 1. The van der Waals surface area contributed by atoms with Gasteiger partial charge in [0.2, 0.25) is 0 Å². The van der Waals surface area contributed by atoms with Gasteiger partial charge in [0.15, 0.2) is 12.4 Å². The average molecular weight is 311 g/mol. The quantitative estimate of drug-likeness (QED) is 0.466. The molecule has 1 aromatic heterocycles. The predicted octanol–water partition coefficient (Wildman–Crippen LogP) is -3.09. The fraction of sp³-hybridized carbons (Fsp3) is 0.214. The van der Waals surface area contributed by atoms with Crippen molar-refractivity contribution in [3.8, 4) is 0 Å². The summed E-state index contributed by atoms with van der Waals surface area (Å²) < 4.78 is 36.2. The summed E-state index contributed by atoms with van der Waals surface area (Å²) in [6.45, 7) is 2.22. The zero-order chi connectivity index (χ0) is 15.5. The van der Waals surface area contributed by atoms with Crippen molar-refractivity contribution in [2.45, 2.75) is 18.6 Å². The van der Waals surface area contributed by atoms with E-state index in [0.717, 1.165) is 0 Å². The van der Waals surface area contributed by atoms with E-state index in [2.05, 4.69) is 71.7 Å². The maximum atomic E-state index is 8.49. The number of hydrogen-bond acceptors (Lipinski definition) is 5. The molecule has 1 N–H and O–H groups in total. The van der Waals surface area contributed by atoms with Crippen LogP contribution in [-0.2, 0) is 5.66 Å². The van der Waals surface area contributed by atoms with Crippen LogP contribution in [0.4, 0.5) is 0 Å². The van der Waals surface area contributed by atoms with Crippen molar-refractivity contribution in [2.75, 3.05) is 0 Å². The van der Waals surface area contributed by atoms with E-state index in [9.17, 15) is 0 Å². The van der Waals surface area contributed by atoms with Gasteiger partial charge in [-0.25, -0.2) is 24.0 Å². The summed E-state index contributed by atoms with van der Waals surface area (Å²) in [4.78, 5) is 0. The van der Waals surface area contributed by atoms with Crippen LogP contribution in [0.15, 0.2) is 60.9 Å². The van der Waals surface area contributed by atoms with Crippen LogP contribution in [0.5, 0.6) is 0 Å². The van der Waals surface area contributed by atoms with Gasteiger partial charge in [-0.15, -0.1) is 10.2 Å². The topological polar surface area (TPSA) is 118 Å². The highest BCUT2D eigenvalue weighted by molar-refractivity contribution is 5.29. The lowest BCUT2D eigenvalue weighted by molar-refractivity contribution is -2.00. The van der Waals surface area contributed by atoms with Crippen molar-refractivity contribution in [1.29, 1.82) is 0 Å². The summed E-state index contributed by atoms with van der Waals surface area (Å²) in [5.41, 5.74) is 1.28. The van der Waals surface area contributed by atoms with Gasteiger partial charge >= 0.3 is 0 Å². The Hall–Kier alpha value is -1.54. The second kappa shape index (κ2) is 6.07. The largest absolute Gasteiger partial charge is 0.263 e. The Bertz CT molecular complexity index is 529. The van der Waals surface area contributed by atoms with Gasteiger partial charge in [-0.3, -0.25) is 0 Å². The monoisotopic (exact) mass is 310 g/mol. The van der Waals surface area contributed by atoms with Gasteiger partial charge in [-0.2, -0.15) is 4.57 Å². The Morgan fingerprint density at radius 3 is 1.81 bits per heavy atom. The van der Waals surface area contributed by atoms with Crippen LogP contribution >= 0.6 is 0 Å². The molecule has 1 aliphatic heterocycles. The first-order valence-corrected chi connectivity index (χ1v) is 7.49. The van der Waals surface area contributed by atoms with E-state index in [0.29, 0.717) is 6.04 Å². The van der Waals surface area contributed by atoms with Crippen LogP contribution in [0, 0.1) is 10.2 Å². The van der Waals surface area contributed by atoms with Crippen molar-refractivity contribution in [1.82, 2.24) is 5.32 Å². The zero-order valence-electron chi connectivity index (χ0n) is 11.3.